The number of nitrogens with two attached hydrogens (primary N) is 1. The molecule has 3 nitrogen and oxygen atoms in total. The molecule has 0 spiro atoms. The number of nitrogens with zero attached hydrogens (tertiary/aromatic N) is 2. The van der Waals surface area contributed by atoms with E-state index in [0.717, 1.165) is 49.0 Å². The van der Waals surface area contributed by atoms with Gasteiger partial charge in [-0.05, 0) is 55.9 Å². The maximum Gasteiger partial charge on any atom is 0.121 e. The lowest BCUT2D eigenvalue weighted by Crippen LogP contribution is -1.99. The molecule has 4 heteroatoms. The molecule has 3 fully saturated rings. The second kappa shape index (κ2) is 3.75. The third-order valence-corrected chi connectivity index (χ3v) is 6.18. The first-order valence-corrected chi connectivity index (χ1v) is 7.72. The zero-order valence-corrected chi connectivity index (χ0v) is 10.8. The summed E-state index contributed by atoms with van der Waals surface area (Å²) < 4.78 is 0. The van der Waals surface area contributed by atoms with Crippen molar-refractivity contribution in [3.8, 4) is 0 Å². The fourth-order valence-electron chi connectivity index (χ4n) is 4.41. The van der Waals surface area contributed by atoms with Crippen molar-refractivity contribution in [3.63, 3.8) is 0 Å². The van der Waals surface area contributed by atoms with E-state index in [4.69, 9.17) is 5.73 Å². The zero-order valence-electron chi connectivity index (χ0n) is 10.0. The van der Waals surface area contributed by atoms with Crippen LogP contribution in [0.2, 0.25) is 0 Å². The monoisotopic (exact) mass is 249 g/mol. The largest absolute Gasteiger partial charge is 0.330 e. The number of aryl methyl sites for hydroxylation is 1. The molecule has 92 valence electrons. The van der Waals surface area contributed by atoms with E-state index in [0.29, 0.717) is 0 Å². The van der Waals surface area contributed by atoms with Crippen molar-refractivity contribution in [3.05, 3.63) is 10.0 Å². The van der Waals surface area contributed by atoms with Crippen molar-refractivity contribution in [2.24, 2.45) is 29.4 Å². The predicted octanol–water partition coefficient (Wildman–Crippen LogP) is 2.19. The van der Waals surface area contributed by atoms with Crippen LogP contribution in [0.15, 0.2) is 0 Å². The van der Waals surface area contributed by atoms with Gasteiger partial charge in [-0.1, -0.05) is 0 Å². The molecule has 3 aliphatic rings. The summed E-state index contributed by atoms with van der Waals surface area (Å²) in [5, 5.41) is 11.3. The predicted molar refractivity (Wildman–Crippen MR) is 67.8 cm³/mol. The molecule has 3 saturated carbocycles. The summed E-state index contributed by atoms with van der Waals surface area (Å²) in [5.74, 6) is 4.84. The molecule has 0 aromatic carbocycles. The quantitative estimate of drug-likeness (QED) is 0.890. The van der Waals surface area contributed by atoms with Crippen LogP contribution in [0.3, 0.4) is 0 Å². The molecule has 2 bridgehead atoms. The van der Waals surface area contributed by atoms with Gasteiger partial charge >= 0.3 is 0 Å². The summed E-state index contributed by atoms with van der Waals surface area (Å²) in [4.78, 5) is 0. The van der Waals surface area contributed by atoms with Crippen LogP contribution < -0.4 is 5.73 Å². The van der Waals surface area contributed by atoms with E-state index >= 15 is 0 Å². The molecule has 1 aromatic rings. The normalized spacial score (nSPS) is 41.8. The lowest BCUT2D eigenvalue weighted by atomic mass is 10.0. The first-order chi connectivity index (χ1) is 8.38. The maximum absolute atomic E-state index is 5.53. The molecule has 0 radical (unpaired) electrons. The van der Waals surface area contributed by atoms with E-state index in [1.807, 2.05) is 11.3 Å². The first-order valence-electron chi connectivity index (χ1n) is 6.91. The highest BCUT2D eigenvalue weighted by Gasteiger charge is 2.66. The van der Waals surface area contributed by atoms with Crippen LogP contribution in [0.5, 0.6) is 0 Å². The second-order valence-electron chi connectivity index (χ2n) is 5.94. The van der Waals surface area contributed by atoms with Crippen LogP contribution in [0.1, 0.15) is 41.6 Å². The first kappa shape index (κ1) is 10.4. The smallest absolute Gasteiger partial charge is 0.121 e. The minimum atomic E-state index is 0.758. The Labute approximate surface area is 106 Å². The van der Waals surface area contributed by atoms with Crippen LogP contribution >= 0.6 is 11.3 Å². The Morgan fingerprint density at radius 2 is 1.94 bits per heavy atom. The average molecular weight is 249 g/mol. The van der Waals surface area contributed by atoms with E-state index in [1.165, 1.54) is 29.3 Å². The molecule has 0 amide bonds. The molecule has 0 aliphatic heterocycles. The van der Waals surface area contributed by atoms with Crippen molar-refractivity contribution >= 4 is 11.3 Å². The molecule has 17 heavy (non-hydrogen) atoms. The van der Waals surface area contributed by atoms with Gasteiger partial charge in [-0.3, -0.25) is 0 Å². The number of hydrogen-bond acceptors (Lipinski definition) is 4. The van der Waals surface area contributed by atoms with Crippen molar-refractivity contribution in [2.45, 2.75) is 38.0 Å². The van der Waals surface area contributed by atoms with Crippen LogP contribution in [-0.4, -0.2) is 16.7 Å². The minimum absolute atomic E-state index is 0.758. The molecule has 4 rings (SSSR count). The molecule has 4 unspecified atom stereocenters. The Balaban J connectivity index is 1.48. The Bertz CT molecular complexity index is 414. The van der Waals surface area contributed by atoms with Gasteiger partial charge < -0.3 is 5.73 Å². The molecular weight excluding hydrogens is 230 g/mol. The molecule has 1 aromatic heterocycles. The molecular formula is C13H19N3S. The highest BCUT2D eigenvalue weighted by atomic mass is 32.1. The molecule has 4 atom stereocenters. The van der Waals surface area contributed by atoms with Gasteiger partial charge in [0.05, 0.1) is 0 Å². The van der Waals surface area contributed by atoms with Gasteiger partial charge in [0.1, 0.15) is 10.0 Å². The molecule has 2 N–H and O–H groups in total. The van der Waals surface area contributed by atoms with Crippen LogP contribution in [0.4, 0.5) is 0 Å². The summed E-state index contributed by atoms with van der Waals surface area (Å²) in [5.41, 5.74) is 5.53. The van der Waals surface area contributed by atoms with E-state index in [-0.39, 0.29) is 0 Å². The Morgan fingerprint density at radius 3 is 2.65 bits per heavy atom. The average Bonchev–Trinajstić information content (AvgIpc) is 2.78. The fraction of sp³-hybridized carbons (Fsp3) is 0.846. The third-order valence-electron chi connectivity index (χ3n) is 5.10. The summed E-state index contributed by atoms with van der Waals surface area (Å²) in [7, 11) is 0. The number of hydrogen-bond donors (Lipinski definition) is 1. The third kappa shape index (κ3) is 1.50. The Morgan fingerprint density at radius 1 is 1.18 bits per heavy atom. The standard InChI is InChI=1S/C13H19N3S/c14-5-1-2-9-15-16-13(17-9)12-10-7-3-4-8(6-7)11(10)12/h7-8,10-12H,1-6,14H2. The zero-order chi connectivity index (χ0) is 11.4. The fourth-order valence-corrected chi connectivity index (χ4v) is 5.51. The molecule has 3 aliphatic carbocycles. The van der Waals surface area contributed by atoms with Crippen LogP contribution in [-0.2, 0) is 6.42 Å². The molecule has 0 saturated heterocycles. The number of fused-ring (bicyclic) bond motifs is 5. The summed E-state index contributed by atoms with van der Waals surface area (Å²) in [6.07, 6.45) is 6.55. The SMILES string of the molecule is NCCCc1nnc(C2C3C4CCC(C4)C23)s1. The van der Waals surface area contributed by atoms with E-state index in [1.54, 1.807) is 0 Å². The van der Waals surface area contributed by atoms with Crippen LogP contribution in [0.25, 0.3) is 0 Å². The summed E-state index contributed by atoms with van der Waals surface area (Å²) in [6.45, 7) is 0.758. The van der Waals surface area contributed by atoms with Gasteiger partial charge in [0.25, 0.3) is 0 Å². The summed E-state index contributed by atoms with van der Waals surface area (Å²) >= 11 is 1.85. The van der Waals surface area contributed by atoms with E-state index in [9.17, 15) is 0 Å². The minimum Gasteiger partial charge on any atom is -0.330 e. The van der Waals surface area contributed by atoms with Gasteiger partial charge in [-0.2, -0.15) is 0 Å². The second-order valence-corrected chi connectivity index (χ2v) is 7.03. The summed E-state index contributed by atoms with van der Waals surface area (Å²) in [6, 6.07) is 0. The van der Waals surface area contributed by atoms with Gasteiger partial charge in [0, 0.05) is 12.3 Å². The number of aromatic nitrogens is 2. The van der Waals surface area contributed by atoms with Crippen molar-refractivity contribution < 1.29 is 0 Å². The van der Waals surface area contributed by atoms with E-state index in [2.05, 4.69) is 10.2 Å². The van der Waals surface area contributed by atoms with Gasteiger partial charge in [0.15, 0.2) is 0 Å². The topological polar surface area (TPSA) is 51.8 Å². The molecule has 1 heterocycles. The van der Waals surface area contributed by atoms with Crippen molar-refractivity contribution in [2.75, 3.05) is 6.54 Å². The van der Waals surface area contributed by atoms with Gasteiger partial charge in [-0.15, -0.1) is 21.5 Å². The van der Waals surface area contributed by atoms with E-state index < -0.39 is 0 Å². The van der Waals surface area contributed by atoms with Crippen molar-refractivity contribution in [1.82, 2.24) is 10.2 Å². The van der Waals surface area contributed by atoms with Crippen LogP contribution in [0, 0.1) is 23.7 Å². The Hall–Kier alpha value is -0.480. The lowest BCUT2D eigenvalue weighted by molar-refractivity contribution is 0.456. The van der Waals surface area contributed by atoms with Gasteiger partial charge in [0.2, 0.25) is 0 Å². The number of rotatable bonds is 4. The maximum atomic E-state index is 5.53. The highest BCUT2D eigenvalue weighted by molar-refractivity contribution is 7.11. The Kier molecular flexibility index (Phi) is 2.31. The lowest BCUT2D eigenvalue weighted by Gasteiger charge is -2.04. The highest BCUT2D eigenvalue weighted by Crippen LogP contribution is 2.73. The van der Waals surface area contributed by atoms with Gasteiger partial charge in [-0.25, -0.2) is 0 Å². The van der Waals surface area contributed by atoms with Crippen molar-refractivity contribution in [1.29, 1.82) is 0 Å².